The third kappa shape index (κ3) is 4.81. The van der Waals surface area contributed by atoms with Gasteiger partial charge in [-0.2, -0.15) is 4.39 Å². The average Bonchev–Trinajstić information content (AvgIpc) is 2.80. The van der Waals surface area contributed by atoms with Crippen LogP contribution in [0.3, 0.4) is 0 Å². The monoisotopic (exact) mass is 468 g/mol. The summed E-state index contributed by atoms with van der Waals surface area (Å²) in [6.45, 7) is 0.0238. The molecule has 3 aliphatic rings. The SMILES string of the molecule is O=C1CC(NC(=O)C2CCN(C(=O)C3CCC3)CC2)C(=O)COc2c(F)c(F)cc(F)c2O1. The first-order valence-corrected chi connectivity index (χ1v) is 10.9. The molecule has 178 valence electrons. The van der Waals surface area contributed by atoms with Gasteiger partial charge < -0.3 is 19.7 Å². The maximum atomic E-state index is 14.0. The van der Waals surface area contributed by atoms with Crippen LogP contribution < -0.4 is 14.8 Å². The Balaban J connectivity index is 1.38. The Kier molecular flexibility index (Phi) is 6.57. The third-order valence-corrected chi connectivity index (χ3v) is 6.37. The highest BCUT2D eigenvalue weighted by Crippen LogP contribution is 2.36. The summed E-state index contributed by atoms with van der Waals surface area (Å²) in [6.07, 6.45) is 3.03. The summed E-state index contributed by atoms with van der Waals surface area (Å²) < 4.78 is 51.2. The van der Waals surface area contributed by atoms with Gasteiger partial charge in [0.2, 0.25) is 29.1 Å². The number of ether oxygens (including phenoxy) is 2. The molecule has 8 nitrogen and oxygen atoms in total. The number of likely N-dealkylation sites (tertiary alicyclic amines) is 1. The van der Waals surface area contributed by atoms with Crippen LogP contribution in [0.5, 0.6) is 11.5 Å². The number of ketones is 1. The normalized spacial score (nSPS) is 22.2. The van der Waals surface area contributed by atoms with Crippen LogP contribution in [0.15, 0.2) is 6.07 Å². The molecular formula is C22H23F3N2O6. The van der Waals surface area contributed by atoms with E-state index in [-0.39, 0.29) is 17.9 Å². The predicted molar refractivity (Wildman–Crippen MR) is 106 cm³/mol. The van der Waals surface area contributed by atoms with Gasteiger partial charge >= 0.3 is 5.97 Å². The Hall–Kier alpha value is -3.11. The molecule has 1 N–H and O–H groups in total. The van der Waals surface area contributed by atoms with Gasteiger partial charge in [0.05, 0.1) is 6.42 Å². The summed E-state index contributed by atoms with van der Waals surface area (Å²) >= 11 is 0. The number of fused-ring (bicyclic) bond motifs is 1. The van der Waals surface area contributed by atoms with Gasteiger partial charge in [0.25, 0.3) is 0 Å². The summed E-state index contributed by atoms with van der Waals surface area (Å²) in [5.41, 5.74) is 0. The lowest BCUT2D eigenvalue weighted by Gasteiger charge is -2.36. The molecule has 1 saturated carbocycles. The lowest BCUT2D eigenvalue weighted by Crippen LogP contribution is -2.50. The van der Waals surface area contributed by atoms with Crippen LogP contribution in [0, 0.1) is 29.3 Å². The second-order valence-electron chi connectivity index (χ2n) is 8.53. The molecule has 1 aromatic carbocycles. The standard InChI is InChI=1S/C22H23F3N2O6/c23-13-8-14(24)19-20(18(13)25)32-10-16(28)15(9-17(29)33-19)26-21(30)11-4-6-27(7-5-11)22(31)12-2-1-3-12/h8,11-12,15H,1-7,9-10H2,(H,26,30). The second-order valence-corrected chi connectivity index (χ2v) is 8.53. The van der Waals surface area contributed by atoms with Crippen molar-refractivity contribution in [3.63, 3.8) is 0 Å². The van der Waals surface area contributed by atoms with Gasteiger partial charge in [0, 0.05) is 31.0 Å². The molecule has 1 aromatic rings. The van der Waals surface area contributed by atoms with Crippen molar-refractivity contribution in [2.75, 3.05) is 19.7 Å². The molecule has 1 saturated heterocycles. The lowest BCUT2D eigenvalue weighted by atomic mass is 9.83. The van der Waals surface area contributed by atoms with Crippen LogP contribution in [-0.4, -0.2) is 54.2 Å². The number of hydrogen-bond acceptors (Lipinski definition) is 6. The molecule has 1 atom stereocenters. The van der Waals surface area contributed by atoms with E-state index in [0.717, 1.165) is 19.3 Å². The van der Waals surface area contributed by atoms with Crippen molar-refractivity contribution >= 4 is 23.6 Å². The summed E-state index contributed by atoms with van der Waals surface area (Å²) in [5.74, 6) is -9.17. The number of Topliss-reactive ketones (excluding diaryl/α,β-unsaturated/α-hetero) is 1. The first kappa shape index (κ1) is 23.1. The van der Waals surface area contributed by atoms with Gasteiger partial charge in [-0.25, -0.2) is 8.78 Å². The van der Waals surface area contributed by atoms with Crippen molar-refractivity contribution in [2.24, 2.45) is 11.8 Å². The summed E-state index contributed by atoms with van der Waals surface area (Å²) in [6, 6.07) is -1.14. The number of piperidine rings is 1. The first-order valence-electron chi connectivity index (χ1n) is 10.9. The zero-order valence-corrected chi connectivity index (χ0v) is 17.7. The summed E-state index contributed by atoms with van der Waals surface area (Å²) in [5, 5.41) is 2.49. The molecule has 2 heterocycles. The minimum atomic E-state index is -1.60. The fraction of sp³-hybridized carbons (Fsp3) is 0.545. The molecule has 0 spiro atoms. The molecule has 0 aromatic heterocycles. The Bertz CT molecular complexity index is 989. The smallest absolute Gasteiger partial charge is 0.313 e. The summed E-state index contributed by atoms with van der Waals surface area (Å²) in [4.78, 5) is 51.6. The van der Waals surface area contributed by atoms with E-state index in [1.807, 2.05) is 0 Å². The number of hydrogen-bond donors (Lipinski definition) is 1. The highest BCUT2D eigenvalue weighted by atomic mass is 19.2. The van der Waals surface area contributed by atoms with Crippen LogP contribution in [0.4, 0.5) is 13.2 Å². The summed E-state index contributed by atoms with van der Waals surface area (Å²) in [7, 11) is 0. The van der Waals surface area contributed by atoms with E-state index in [2.05, 4.69) is 5.32 Å². The zero-order chi connectivity index (χ0) is 23.7. The zero-order valence-electron chi connectivity index (χ0n) is 17.7. The van der Waals surface area contributed by atoms with Crippen LogP contribution in [-0.2, 0) is 19.2 Å². The molecular weight excluding hydrogens is 445 g/mol. The Morgan fingerprint density at radius 2 is 1.67 bits per heavy atom. The topological polar surface area (TPSA) is 102 Å². The highest BCUT2D eigenvalue weighted by Gasteiger charge is 2.36. The Morgan fingerprint density at radius 1 is 0.970 bits per heavy atom. The van der Waals surface area contributed by atoms with Crippen LogP contribution in [0.1, 0.15) is 38.5 Å². The van der Waals surface area contributed by atoms with E-state index in [1.165, 1.54) is 0 Å². The first-order chi connectivity index (χ1) is 15.7. The van der Waals surface area contributed by atoms with Crippen LogP contribution >= 0.6 is 0 Å². The van der Waals surface area contributed by atoms with Crippen LogP contribution in [0.25, 0.3) is 0 Å². The number of carbonyl (C=O) groups excluding carboxylic acids is 4. The number of amides is 2. The van der Waals surface area contributed by atoms with Gasteiger partial charge in [-0.1, -0.05) is 6.42 Å². The number of benzene rings is 1. The van der Waals surface area contributed by atoms with Crippen molar-refractivity contribution in [1.29, 1.82) is 0 Å². The fourth-order valence-electron chi connectivity index (χ4n) is 4.16. The molecule has 2 aliphatic heterocycles. The van der Waals surface area contributed by atoms with E-state index in [4.69, 9.17) is 9.47 Å². The number of carbonyl (C=O) groups is 4. The van der Waals surface area contributed by atoms with Crippen LogP contribution in [0.2, 0.25) is 0 Å². The van der Waals surface area contributed by atoms with Gasteiger partial charge in [-0.05, 0) is 25.7 Å². The van der Waals surface area contributed by atoms with E-state index in [0.29, 0.717) is 25.9 Å². The molecule has 2 fully saturated rings. The van der Waals surface area contributed by atoms with Gasteiger partial charge in [0.1, 0.15) is 12.6 Å². The molecule has 4 rings (SSSR count). The largest absolute Gasteiger partial charge is 0.479 e. The highest BCUT2D eigenvalue weighted by molar-refractivity contribution is 5.94. The van der Waals surface area contributed by atoms with E-state index < -0.39 is 71.6 Å². The molecule has 0 radical (unpaired) electrons. The maximum absolute atomic E-state index is 14.0. The quantitative estimate of drug-likeness (QED) is 0.413. The Morgan fingerprint density at radius 3 is 2.30 bits per heavy atom. The number of nitrogens with zero attached hydrogens (tertiary/aromatic N) is 1. The molecule has 11 heteroatoms. The minimum Gasteiger partial charge on any atom is -0.479 e. The molecule has 1 aliphatic carbocycles. The van der Waals surface area contributed by atoms with Crippen molar-refractivity contribution in [1.82, 2.24) is 10.2 Å². The molecule has 2 amide bonds. The predicted octanol–water partition coefficient (Wildman–Crippen LogP) is 1.88. The van der Waals surface area contributed by atoms with Gasteiger partial charge in [-0.3, -0.25) is 19.2 Å². The van der Waals surface area contributed by atoms with Crippen molar-refractivity contribution in [2.45, 2.75) is 44.6 Å². The van der Waals surface area contributed by atoms with Gasteiger partial charge in [0.15, 0.2) is 17.4 Å². The number of esters is 1. The van der Waals surface area contributed by atoms with E-state index in [9.17, 15) is 32.3 Å². The Labute approximate surface area is 187 Å². The average molecular weight is 468 g/mol. The van der Waals surface area contributed by atoms with E-state index >= 15 is 0 Å². The van der Waals surface area contributed by atoms with Crippen molar-refractivity contribution in [3.8, 4) is 11.5 Å². The van der Waals surface area contributed by atoms with Crippen molar-refractivity contribution < 1.29 is 41.8 Å². The fourth-order valence-corrected chi connectivity index (χ4v) is 4.16. The number of rotatable bonds is 3. The third-order valence-electron chi connectivity index (χ3n) is 6.37. The minimum absolute atomic E-state index is 0.0742. The van der Waals surface area contributed by atoms with Gasteiger partial charge in [-0.15, -0.1) is 0 Å². The molecule has 0 bridgehead atoms. The number of nitrogens with one attached hydrogen (secondary N) is 1. The van der Waals surface area contributed by atoms with E-state index in [1.54, 1.807) is 4.90 Å². The molecule has 1 unspecified atom stereocenters. The maximum Gasteiger partial charge on any atom is 0.313 e. The van der Waals surface area contributed by atoms with Crippen molar-refractivity contribution in [3.05, 3.63) is 23.5 Å². The second kappa shape index (κ2) is 9.40. The lowest BCUT2D eigenvalue weighted by molar-refractivity contribution is -0.142. The molecule has 33 heavy (non-hydrogen) atoms. The number of halogens is 3.